The van der Waals surface area contributed by atoms with Gasteiger partial charge in [-0.1, -0.05) is 60.7 Å². The molecule has 2 aliphatic rings. The number of nitriles is 2. The van der Waals surface area contributed by atoms with E-state index in [1.807, 2.05) is 71.6 Å². The van der Waals surface area contributed by atoms with Crippen molar-refractivity contribution in [1.29, 1.82) is 10.5 Å². The molecule has 0 unspecified atom stereocenters. The number of benzene rings is 3. The number of anilines is 1. The lowest BCUT2D eigenvalue weighted by atomic mass is 9.69. The molecule has 5 rings (SSSR count). The molecule has 0 aromatic heterocycles. The zero-order chi connectivity index (χ0) is 22.3. The molecule has 5 heteroatoms. The third-order valence-corrected chi connectivity index (χ3v) is 6.47. The quantitative estimate of drug-likeness (QED) is 0.553. The van der Waals surface area contributed by atoms with E-state index in [0.717, 1.165) is 16.8 Å². The second kappa shape index (κ2) is 7.48. The average Bonchev–Trinajstić information content (AvgIpc) is 3.15. The van der Waals surface area contributed by atoms with Crippen molar-refractivity contribution in [3.05, 3.63) is 107 Å². The van der Waals surface area contributed by atoms with Crippen LogP contribution in [0.25, 0.3) is 6.08 Å². The van der Waals surface area contributed by atoms with Crippen LogP contribution < -0.4 is 4.90 Å². The van der Waals surface area contributed by atoms with Crippen LogP contribution in [-0.2, 0) is 0 Å². The van der Waals surface area contributed by atoms with Gasteiger partial charge in [-0.25, -0.2) is 4.39 Å². The lowest BCUT2D eigenvalue weighted by Crippen LogP contribution is -2.44. The summed E-state index contributed by atoms with van der Waals surface area (Å²) in [7, 11) is 0. The molecule has 0 N–H and O–H groups in total. The topological polar surface area (TPSA) is 67.9 Å². The number of nitrogens with zero attached hydrogens (tertiary/aromatic N) is 3. The molecule has 2 heterocycles. The number of rotatable bonds is 3. The fraction of sp³-hybridized carbons (Fsp3) is 0.148. The summed E-state index contributed by atoms with van der Waals surface area (Å²) in [6, 6.07) is 25.5. The molecule has 0 aliphatic carbocycles. The van der Waals surface area contributed by atoms with E-state index in [-0.39, 0.29) is 5.78 Å². The van der Waals surface area contributed by atoms with E-state index >= 15 is 0 Å². The fourth-order valence-electron chi connectivity index (χ4n) is 5.05. The maximum Gasteiger partial charge on any atom is 0.185 e. The van der Waals surface area contributed by atoms with E-state index in [0.29, 0.717) is 5.56 Å². The Balaban J connectivity index is 1.78. The van der Waals surface area contributed by atoms with Gasteiger partial charge in [-0.2, -0.15) is 10.5 Å². The minimum atomic E-state index is -1.48. The van der Waals surface area contributed by atoms with Gasteiger partial charge in [0.15, 0.2) is 11.2 Å². The Kier molecular flexibility index (Phi) is 4.61. The van der Waals surface area contributed by atoms with Crippen LogP contribution in [0, 0.1) is 33.9 Å². The first-order valence-electron chi connectivity index (χ1n) is 10.3. The van der Waals surface area contributed by atoms with Crippen LogP contribution in [0.15, 0.2) is 84.9 Å². The summed E-state index contributed by atoms with van der Waals surface area (Å²) in [4.78, 5) is 15.8. The summed E-state index contributed by atoms with van der Waals surface area (Å²) in [6.07, 6.45) is 3.76. The van der Waals surface area contributed by atoms with Crippen LogP contribution >= 0.6 is 0 Å². The van der Waals surface area contributed by atoms with Gasteiger partial charge < -0.3 is 4.90 Å². The largest absolute Gasteiger partial charge is 0.351 e. The zero-order valence-corrected chi connectivity index (χ0v) is 17.0. The molecule has 4 nitrogen and oxygen atoms in total. The Morgan fingerprint density at radius 1 is 0.906 bits per heavy atom. The van der Waals surface area contributed by atoms with E-state index in [2.05, 4.69) is 12.1 Å². The number of hydrogen-bond donors (Lipinski definition) is 0. The van der Waals surface area contributed by atoms with Gasteiger partial charge in [0.25, 0.3) is 0 Å². The third-order valence-electron chi connectivity index (χ3n) is 6.47. The fourth-order valence-corrected chi connectivity index (χ4v) is 5.05. The van der Waals surface area contributed by atoms with Crippen molar-refractivity contribution in [2.75, 3.05) is 4.90 Å². The summed E-state index contributed by atoms with van der Waals surface area (Å²) in [5.74, 6) is -1.38. The summed E-state index contributed by atoms with van der Waals surface area (Å²) in [5, 5.41) is 20.7. The Morgan fingerprint density at radius 2 is 1.56 bits per heavy atom. The third kappa shape index (κ3) is 2.76. The van der Waals surface area contributed by atoms with Gasteiger partial charge in [0.2, 0.25) is 0 Å². The first-order valence-corrected chi connectivity index (χ1v) is 10.3. The highest BCUT2D eigenvalue weighted by molar-refractivity contribution is 6.04. The van der Waals surface area contributed by atoms with Gasteiger partial charge in [-0.15, -0.1) is 0 Å². The molecule has 0 radical (unpaired) electrons. The molecule has 154 valence electrons. The van der Waals surface area contributed by atoms with E-state index in [1.165, 1.54) is 24.3 Å². The highest BCUT2D eigenvalue weighted by Gasteiger charge is 2.63. The minimum absolute atomic E-state index is 0.249. The molecule has 3 aromatic rings. The molecule has 0 bridgehead atoms. The maximum absolute atomic E-state index is 13.9. The van der Waals surface area contributed by atoms with Crippen LogP contribution in [0.4, 0.5) is 10.1 Å². The van der Waals surface area contributed by atoms with Gasteiger partial charge in [-0.05, 0) is 41.5 Å². The summed E-state index contributed by atoms with van der Waals surface area (Å²) >= 11 is 0. The molecular formula is C27H18FN3O. The number of ketones is 1. The SMILES string of the molecule is N#CC1(C#N)[C@@H](c2ccccc2)[C@H](C(=O)c2ccc(F)cc2)N2c3ccccc3C=C[C@@H]21. The smallest absolute Gasteiger partial charge is 0.185 e. The number of carbonyl (C=O) groups excluding carboxylic acids is 1. The highest BCUT2D eigenvalue weighted by atomic mass is 19.1. The predicted octanol–water partition coefficient (Wildman–Crippen LogP) is 5.11. The van der Waals surface area contributed by atoms with Gasteiger partial charge >= 0.3 is 0 Å². The molecule has 1 fully saturated rings. The number of fused-ring (bicyclic) bond motifs is 3. The van der Waals surface area contributed by atoms with Crippen LogP contribution in [-0.4, -0.2) is 17.9 Å². The van der Waals surface area contributed by atoms with Gasteiger partial charge in [0.1, 0.15) is 11.9 Å². The van der Waals surface area contributed by atoms with Crippen LogP contribution in [0.3, 0.4) is 0 Å². The summed E-state index contributed by atoms with van der Waals surface area (Å²) < 4.78 is 13.5. The molecule has 0 spiro atoms. The van der Waals surface area contributed by atoms with E-state index in [9.17, 15) is 19.7 Å². The van der Waals surface area contributed by atoms with Crippen molar-refractivity contribution in [3.8, 4) is 12.1 Å². The minimum Gasteiger partial charge on any atom is -0.351 e. The second-order valence-corrected chi connectivity index (χ2v) is 8.07. The lowest BCUT2D eigenvalue weighted by Gasteiger charge is -2.35. The Labute approximate surface area is 185 Å². The number of para-hydroxylation sites is 1. The molecular weight excluding hydrogens is 401 g/mol. The van der Waals surface area contributed by atoms with Crippen molar-refractivity contribution >= 4 is 17.5 Å². The van der Waals surface area contributed by atoms with Gasteiger partial charge in [0, 0.05) is 17.2 Å². The van der Waals surface area contributed by atoms with E-state index in [4.69, 9.17) is 0 Å². The first-order chi connectivity index (χ1) is 15.6. The Morgan fingerprint density at radius 3 is 2.25 bits per heavy atom. The molecule has 3 atom stereocenters. The average molecular weight is 419 g/mol. The van der Waals surface area contributed by atoms with Crippen LogP contribution in [0.1, 0.15) is 27.4 Å². The van der Waals surface area contributed by atoms with E-state index in [1.54, 1.807) is 0 Å². The number of carbonyl (C=O) groups is 1. The Bertz CT molecular complexity index is 1290. The maximum atomic E-state index is 13.9. The van der Waals surface area contributed by atoms with Gasteiger partial charge in [-0.3, -0.25) is 4.79 Å². The number of halogens is 1. The Hall–Kier alpha value is -4.22. The molecule has 0 saturated carbocycles. The summed E-state index contributed by atoms with van der Waals surface area (Å²) in [5.41, 5.74) is 1.32. The lowest BCUT2D eigenvalue weighted by molar-refractivity contribution is 0.0951. The second-order valence-electron chi connectivity index (χ2n) is 8.07. The van der Waals surface area contributed by atoms with Crippen LogP contribution in [0.2, 0.25) is 0 Å². The van der Waals surface area contributed by atoms with Crippen LogP contribution in [0.5, 0.6) is 0 Å². The van der Waals surface area contributed by atoms with Gasteiger partial charge in [0.05, 0.1) is 18.2 Å². The standard InChI is InChI=1S/C27H18FN3O/c28-21-13-10-20(11-14-21)26(32)25-24(19-7-2-1-3-8-19)27(16-29,17-30)23-15-12-18-6-4-5-9-22(18)31(23)25/h1-15,23-25H/t23-,24+,25-/m1/s1. The molecule has 0 amide bonds. The monoisotopic (exact) mass is 419 g/mol. The highest BCUT2D eigenvalue weighted by Crippen LogP contribution is 2.55. The normalized spacial score (nSPS) is 22.3. The molecule has 1 saturated heterocycles. The molecule has 3 aromatic carbocycles. The zero-order valence-electron chi connectivity index (χ0n) is 17.0. The predicted molar refractivity (Wildman–Crippen MR) is 119 cm³/mol. The summed E-state index contributed by atoms with van der Waals surface area (Å²) in [6.45, 7) is 0. The van der Waals surface area contributed by atoms with Crippen molar-refractivity contribution in [3.63, 3.8) is 0 Å². The van der Waals surface area contributed by atoms with E-state index < -0.39 is 29.2 Å². The molecule has 2 aliphatic heterocycles. The van der Waals surface area contributed by atoms with Crippen molar-refractivity contribution in [2.45, 2.75) is 18.0 Å². The number of hydrogen-bond acceptors (Lipinski definition) is 4. The molecule has 32 heavy (non-hydrogen) atoms. The number of Topliss-reactive ketones (excluding diaryl/α,β-unsaturated/α-hetero) is 1. The first kappa shape index (κ1) is 19.7. The van der Waals surface area contributed by atoms with Crippen molar-refractivity contribution < 1.29 is 9.18 Å². The van der Waals surface area contributed by atoms with Crippen molar-refractivity contribution in [2.24, 2.45) is 5.41 Å². The van der Waals surface area contributed by atoms with Crippen molar-refractivity contribution in [1.82, 2.24) is 0 Å².